The number of carbonyl (C=O) groups is 1. The molecule has 0 fully saturated rings. The quantitative estimate of drug-likeness (QED) is 0.239. The summed E-state index contributed by atoms with van der Waals surface area (Å²) in [7, 11) is -2.47. The van der Waals surface area contributed by atoms with Crippen LogP contribution in [0, 0.1) is 0 Å². The van der Waals surface area contributed by atoms with Gasteiger partial charge in [-0.3, -0.25) is 0 Å². The largest absolute Gasteiger partial charge is 0.404 e. The third-order valence-electron chi connectivity index (χ3n) is 5.84. The van der Waals surface area contributed by atoms with Crippen LogP contribution in [-0.4, -0.2) is 21.2 Å². The summed E-state index contributed by atoms with van der Waals surface area (Å²) in [4.78, 5) is 10.5. The lowest BCUT2D eigenvalue weighted by Gasteiger charge is -2.42. The zero-order chi connectivity index (χ0) is 22.7. The third kappa shape index (κ3) is 6.88. The van der Waals surface area contributed by atoms with Crippen molar-refractivity contribution in [2.24, 2.45) is 0 Å². The number of carbonyl (C=O) groups excluding carboxylic acids is 1. The molecule has 2 aromatic carbocycles. The molecule has 2 rings (SSSR count). The van der Waals surface area contributed by atoms with E-state index < -0.39 is 8.32 Å². The number of allylic oxidation sites excluding steroid dienone is 3. The molecule has 0 heterocycles. The molecule has 2 aromatic rings. The van der Waals surface area contributed by atoms with E-state index in [1.807, 2.05) is 0 Å². The maximum Gasteiger partial charge on any atom is 0.261 e. The Labute approximate surface area is 190 Å². The fourth-order valence-electron chi connectivity index (χ4n) is 4.11. The van der Waals surface area contributed by atoms with Crippen molar-refractivity contribution < 1.29 is 9.22 Å². The summed E-state index contributed by atoms with van der Waals surface area (Å²) in [5, 5.41) is 2.62. The molecule has 2 nitrogen and oxygen atoms in total. The van der Waals surface area contributed by atoms with Crippen LogP contribution in [0.2, 0.25) is 5.04 Å². The second kappa shape index (κ2) is 12.0. The van der Waals surface area contributed by atoms with E-state index in [0.717, 1.165) is 25.5 Å². The molecular weight excluding hydrogens is 396 g/mol. The highest BCUT2D eigenvalue weighted by Crippen LogP contribution is 2.36. The highest BCUT2D eigenvalue weighted by Gasteiger charge is 2.49. The fraction of sp³-hybridized carbons (Fsp3) is 0.393. The van der Waals surface area contributed by atoms with Crippen molar-refractivity contribution in [3.63, 3.8) is 0 Å². The molecule has 0 spiro atoms. The summed E-state index contributed by atoms with van der Waals surface area (Å²) < 4.78 is 6.93. The molecule has 31 heavy (non-hydrogen) atoms. The summed E-state index contributed by atoms with van der Waals surface area (Å²) in [6.07, 6.45) is 8.99. The monoisotopic (exact) mass is 434 g/mol. The molecular formula is C28H38O2Si. The van der Waals surface area contributed by atoms with Gasteiger partial charge in [-0.2, -0.15) is 0 Å². The third-order valence-corrected chi connectivity index (χ3v) is 10.8. The minimum absolute atomic E-state index is 0.00408. The Morgan fingerprint density at radius 1 is 0.806 bits per heavy atom. The molecule has 0 radical (unpaired) electrons. The number of hydrogen-bond donors (Lipinski definition) is 0. The van der Waals surface area contributed by atoms with Gasteiger partial charge in [-0.15, -0.1) is 0 Å². The second-order valence-electron chi connectivity index (χ2n) is 9.32. The highest BCUT2D eigenvalue weighted by atomic mass is 28.4. The predicted octanol–water partition coefficient (Wildman–Crippen LogP) is 6.21. The Kier molecular flexibility index (Phi) is 9.67. The summed E-state index contributed by atoms with van der Waals surface area (Å²) in [5.74, 6) is 0. The molecule has 0 saturated heterocycles. The highest BCUT2D eigenvalue weighted by molar-refractivity contribution is 6.99. The topological polar surface area (TPSA) is 26.3 Å². The van der Waals surface area contributed by atoms with E-state index in [4.69, 9.17) is 4.43 Å². The molecule has 0 amide bonds. The van der Waals surface area contributed by atoms with E-state index in [2.05, 4.69) is 107 Å². The van der Waals surface area contributed by atoms with Gasteiger partial charge in [0.25, 0.3) is 8.32 Å². The standard InChI is InChI=1S/C28H38O2Si/c1-24(16-13-22-29)14-12-15-25(2)21-23-30-31(28(3,4)5,26-17-8-6-9-18-26)27-19-10-7-11-20-27/h6-11,14,17-22H,12-13,15-16,23H2,1-5H3/b24-14+,25-21+. The van der Waals surface area contributed by atoms with Crippen molar-refractivity contribution in [3.8, 4) is 0 Å². The van der Waals surface area contributed by atoms with Gasteiger partial charge in [0.2, 0.25) is 0 Å². The SMILES string of the molecule is C/C(=C\CC/C(C)=C/CO[Si](c1ccccc1)(c1ccccc1)C(C)(C)C)CCC=O. The normalized spacial score (nSPS) is 13.3. The van der Waals surface area contributed by atoms with E-state index in [1.54, 1.807) is 0 Å². The smallest absolute Gasteiger partial charge is 0.261 e. The van der Waals surface area contributed by atoms with Gasteiger partial charge in [-0.25, -0.2) is 0 Å². The van der Waals surface area contributed by atoms with Crippen LogP contribution < -0.4 is 10.4 Å². The molecule has 0 atom stereocenters. The maximum absolute atomic E-state index is 10.5. The molecule has 3 heteroatoms. The molecule has 0 aliphatic carbocycles. The molecule has 0 bridgehead atoms. The first-order valence-corrected chi connectivity index (χ1v) is 13.2. The van der Waals surface area contributed by atoms with Crippen LogP contribution in [0.3, 0.4) is 0 Å². The lowest BCUT2D eigenvalue weighted by Crippen LogP contribution is -2.66. The van der Waals surface area contributed by atoms with Crippen molar-refractivity contribution in [2.45, 2.75) is 65.3 Å². The lowest BCUT2D eigenvalue weighted by molar-refractivity contribution is -0.107. The van der Waals surface area contributed by atoms with Crippen molar-refractivity contribution in [3.05, 3.63) is 84.0 Å². The average molecular weight is 435 g/mol. The molecule has 0 aliphatic heterocycles. The molecule has 0 N–H and O–H groups in total. The van der Waals surface area contributed by atoms with Gasteiger partial charge >= 0.3 is 0 Å². The number of benzene rings is 2. The van der Waals surface area contributed by atoms with Gasteiger partial charge in [-0.05, 0) is 48.5 Å². The molecule has 0 saturated carbocycles. The van der Waals surface area contributed by atoms with Crippen molar-refractivity contribution >= 4 is 25.0 Å². The first-order chi connectivity index (χ1) is 14.8. The lowest BCUT2D eigenvalue weighted by atomic mass is 10.1. The minimum Gasteiger partial charge on any atom is -0.404 e. The van der Waals surface area contributed by atoms with Crippen LogP contribution in [0.15, 0.2) is 84.0 Å². The van der Waals surface area contributed by atoms with E-state index in [9.17, 15) is 4.79 Å². The average Bonchev–Trinajstić information content (AvgIpc) is 2.75. The number of hydrogen-bond acceptors (Lipinski definition) is 2. The van der Waals surface area contributed by atoms with Crippen LogP contribution in [0.25, 0.3) is 0 Å². The van der Waals surface area contributed by atoms with Gasteiger partial charge < -0.3 is 9.22 Å². The second-order valence-corrected chi connectivity index (χ2v) is 13.6. The summed E-state index contributed by atoms with van der Waals surface area (Å²) in [5.41, 5.74) is 2.64. The summed E-state index contributed by atoms with van der Waals surface area (Å²) in [6, 6.07) is 21.6. The van der Waals surface area contributed by atoms with Crippen molar-refractivity contribution in [1.82, 2.24) is 0 Å². The van der Waals surface area contributed by atoms with Crippen molar-refractivity contribution in [1.29, 1.82) is 0 Å². The number of rotatable bonds is 11. The zero-order valence-corrected chi connectivity index (χ0v) is 20.9. The van der Waals surface area contributed by atoms with Gasteiger partial charge in [0.1, 0.15) is 6.29 Å². The first kappa shape index (κ1) is 25.0. The molecule has 0 aromatic heterocycles. The summed E-state index contributed by atoms with van der Waals surface area (Å²) in [6.45, 7) is 11.8. The Hall–Kier alpha value is -2.23. The van der Waals surface area contributed by atoms with Crippen LogP contribution in [0.5, 0.6) is 0 Å². The molecule has 0 aliphatic rings. The van der Waals surface area contributed by atoms with Crippen LogP contribution in [-0.2, 0) is 9.22 Å². The Balaban J connectivity index is 2.21. The van der Waals surface area contributed by atoms with E-state index in [-0.39, 0.29) is 5.04 Å². The first-order valence-electron chi connectivity index (χ1n) is 11.3. The van der Waals surface area contributed by atoms with Crippen LogP contribution in [0.4, 0.5) is 0 Å². The Bertz CT molecular complexity index is 821. The minimum atomic E-state index is -2.47. The van der Waals surface area contributed by atoms with Crippen LogP contribution in [0.1, 0.15) is 60.3 Å². The molecule has 0 unspecified atom stereocenters. The maximum atomic E-state index is 10.5. The molecule has 166 valence electrons. The predicted molar refractivity (Wildman–Crippen MR) is 136 cm³/mol. The van der Waals surface area contributed by atoms with Crippen molar-refractivity contribution in [2.75, 3.05) is 6.61 Å². The van der Waals surface area contributed by atoms with Gasteiger partial charge in [-0.1, -0.05) is 105 Å². The zero-order valence-electron chi connectivity index (χ0n) is 19.9. The van der Waals surface area contributed by atoms with E-state index >= 15 is 0 Å². The number of aldehydes is 1. The Morgan fingerprint density at radius 2 is 1.29 bits per heavy atom. The van der Waals surface area contributed by atoms with E-state index in [0.29, 0.717) is 13.0 Å². The summed E-state index contributed by atoms with van der Waals surface area (Å²) >= 11 is 0. The Morgan fingerprint density at radius 3 is 1.77 bits per heavy atom. The van der Waals surface area contributed by atoms with E-state index in [1.165, 1.54) is 21.5 Å². The van der Waals surface area contributed by atoms with Gasteiger partial charge in [0.05, 0.1) is 6.61 Å². The fourth-order valence-corrected chi connectivity index (χ4v) is 8.60. The van der Waals surface area contributed by atoms with Gasteiger partial charge in [0, 0.05) is 6.42 Å². The van der Waals surface area contributed by atoms with Crippen LogP contribution >= 0.6 is 0 Å². The van der Waals surface area contributed by atoms with Gasteiger partial charge in [0.15, 0.2) is 0 Å².